The summed E-state index contributed by atoms with van der Waals surface area (Å²) in [5, 5.41) is 10.0. The predicted molar refractivity (Wildman–Crippen MR) is 142 cm³/mol. The monoisotopic (exact) mass is 553 g/mol. The Morgan fingerprint density at radius 3 is 2.41 bits per heavy atom. The van der Waals surface area contributed by atoms with Gasteiger partial charge >= 0.3 is 6.18 Å². The fourth-order valence-corrected chi connectivity index (χ4v) is 5.09. The summed E-state index contributed by atoms with van der Waals surface area (Å²) >= 11 is 0. The zero-order chi connectivity index (χ0) is 27.9. The quantitative estimate of drug-likeness (QED) is 0.308. The summed E-state index contributed by atoms with van der Waals surface area (Å²) in [6, 6.07) is 17.9. The number of aromatic hydroxyl groups is 1. The molecular formula is C28H22F3N3O4S. The highest BCUT2D eigenvalue weighted by Crippen LogP contribution is 2.37. The Balaban J connectivity index is 1.50. The molecule has 0 atom stereocenters. The summed E-state index contributed by atoms with van der Waals surface area (Å²) < 4.78 is 66.7. The molecule has 0 unspecified atom stereocenters. The number of hydrogen-bond donors (Lipinski definition) is 2. The number of anilines is 2. The Morgan fingerprint density at radius 2 is 1.72 bits per heavy atom. The van der Waals surface area contributed by atoms with Crippen LogP contribution in [0.3, 0.4) is 0 Å². The Hall–Kier alpha value is -4.38. The van der Waals surface area contributed by atoms with Crippen molar-refractivity contribution in [3.05, 3.63) is 95.7 Å². The molecule has 2 N–H and O–H groups in total. The van der Waals surface area contributed by atoms with Gasteiger partial charge in [0, 0.05) is 29.6 Å². The minimum absolute atomic E-state index is 0.0581. The van der Waals surface area contributed by atoms with Gasteiger partial charge in [-0.25, -0.2) is 8.42 Å². The number of nitrogens with one attached hydrogen (secondary N) is 1. The molecule has 1 aromatic heterocycles. The SMILES string of the molecule is CS(=O)(=O)Nc1cc(N2CCc3cc(-c4cc(-c5ccccn5)cc(C(F)(F)F)c4)ccc3C2=O)ccc1O. The average molecular weight is 554 g/mol. The summed E-state index contributed by atoms with van der Waals surface area (Å²) in [6.45, 7) is 0.250. The van der Waals surface area contributed by atoms with E-state index in [9.17, 15) is 31.5 Å². The van der Waals surface area contributed by atoms with E-state index in [0.29, 0.717) is 45.6 Å². The molecular weight excluding hydrogens is 531 g/mol. The number of amides is 1. The number of phenolic OH excluding ortho intramolecular Hbond substituents is 1. The number of alkyl halides is 3. The summed E-state index contributed by atoms with van der Waals surface area (Å²) in [4.78, 5) is 19.0. The number of phenols is 1. The van der Waals surface area contributed by atoms with Gasteiger partial charge in [0.1, 0.15) is 5.75 Å². The number of benzene rings is 3. The second-order valence-corrected chi connectivity index (χ2v) is 10.9. The number of hydrogen-bond acceptors (Lipinski definition) is 5. The van der Waals surface area contributed by atoms with Crippen LogP contribution in [0.15, 0.2) is 79.0 Å². The molecule has 0 spiro atoms. The number of carbonyl (C=O) groups is 1. The first-order valence-electron chi connectivity index (χ1n) is 11.8. The van der Waals surface area contributed by atoms with Crippen LogP contribution in [0.2, 0.25) is 0 Å². The summed E-state index contributed by atoms with van der Waals surface area (Å²) in [5.41, 5.74) is 2.20. The van der Waals surface area contributed by atoms with Crippen LogP contribution in [0, 0.1) is 0 Å². The van der Waals surface area contributed by atoms with Gasteiger partial charge in [0.25, 0.3) is 5.91 Å². The second kappa shape index (κ2) is 9.73. The fourth-order valence-electron chi connectivity index (χ4n) is 4.53. The lowest BCUT2D eigenvalue weighted by molar-refractivity contribution is -0.137. The maximum atomic E-state index is 13.7. The lowest BCUT2D eigenvalue weighted by atomic mass is 9.92. The molecule has 200 valence electrons. The first-order valence-corrected chi connectivity index (χ1v) is 13.7. The van der Waals surface area contributed by atoms with Crippen molar-refractivity contribution < 1.29 is 31.5 Å². The summed E-state index contributed by atoms with van der Waals surface area (Å²) in [7, 11) is -3.66. The Morgan fingerprint density at radius 1 is 0.949 bits per heavy atom. The Labute approximate surface area is 222 Å². The van der Waals surface area contributed by atoms with Crippen molar-refractivity contribution in [2.45, 2.75) is 12.6 Å². The van der Waals surface area contributed by atoms with Crippen molar-refractivity contribution in [2.75, 3.05) is 22.4 Å². The molecule has 1 amide bonds. The third-order valence-electron chi connectivity index (χ3n) is 6.33. The molecule has 39 heavy (non-hydrogen) atoms. The molecule has 0 saturated heterocycles. The molecule has 11 heteroatoms. The first kappa shape index (κ1) is 26.2. The molecule has 3 aromatic carbocycles. The summed E-state index contributed by atoms with van der Waals surface area (Å²) in [6.07, 6.45) is -1.68. The average Bonchev–Trinajstić information content (AvgIpc) is 2.89. The highest BCUT2D eigenvalue weighted by atomic mass is 32.2. The van der Waals surface area contributed by atoms with Gasteiger partial charge in [0.2, 0.25) is 10.0 Å². The topological polar surface area (TPSA) is 99.6 Å². The molecule has 2 heterocycles. The highest BCUT2D eigenvalue weighted by Gasteiger charge is 2.32. The van der Waals surface area contributed by atoms with E-state index < -0.39 is 21.8 Å². The Kier molecular flexibility index (Phi) is 6.55. The Bertz CT molecular complexity index is 1690. The zero-order valence-corrected chi connectivity index (χ0v) is 21.3. The van der Waals surface area contributed by atoms with Crippen molar-refractivity contribution in [1.29, 1.82) is 0 Å². The van der Waals surface area contributed by atoms with E-state index in [2.05, 4.69) is 9.71 Å². The van der Waals surface area contributed by atoms with E-state index >= 15 is 0 Å². The number of pyridine rings is 1. The number of sulfonamides is 1. The van der Waals surface area contributed by atoms with Crippen LogP contribution in [-0.2, 0) is 22.6 Å². The number of halogens is 3. The second-order valence-electron chi connectivity index (χ2n) is 9.17. The molecule has 7 nitrogen and oxygen atoms in total. The van der Waals surface area contributed by atoms with Gasteiger partial charge in [-0.1, -0.05) is 18.2 Å². The maximum Gasteiger partial charge on any atom is 0.416 e. The van der Waals surface area contributed by atoms with Crippen LogP contribution < -0.4 is 9.62 Å². The summed E-state index contributed by atoms with van der Waals surface area (Å²) in [5.74, 6) is -0.637. The van der Waals surface area contributed by atoms with Crippen molar-refractivity contribution in [1.82, 2.24) is 4.98 Å². The minimum Gasteiger partial charge on any atom is -0.506 e. The number of carbonyl (C=O) groups excluding carboxylic acids is 1. The lowest BCUT2D eigenvalue weighted by Gasteiger charge is -2.29. The molecule has 0 aliphatic carbocycles. The fraction of sp³-hybridized carbons (Fsp3) is 0.143. The van der Waals surface area contributed by atoms with Crippen LogP contribution in [-0.4, -0.2) is 37.2 Å². The molecule has 1 aliphatic rings. The smallest absolute Gasteiger partial charge is 0.416 e. The van der Waals surface area contributed by atoms with Crippen molar-refractivity contribution in [2.24, 2.45) is 0 Å². The largest absolute Gasteiger partial charge is 0.506 e. The van der Waals surface area contributed by atoms with Crippen molar-refractivity contribution >= 4 is 27.3 Å². The normalized spacial score (nSPS) is 13.7. The lowest BCUT2D eigenvalue weighted by Crippen LogP contribution is -2.37. The van der Waals surface area contributed by atoms with E-state index in [-0.39, 0.29) is 23.9 Å². The van der Waals surface area contributed by atoms with Gasteiger partial charge in [0.15, 0.2) is 0 Å². The van der Waals surface area contributed by atoms with Crippen LogP contribution in [0.25, 0.3) is 22.4 Å². The number of rotatable bonds is 5. The van der Waals surface area contributed by atoms with Crippen LogP contribution in [0.1, 0.15) is 21.5 Å². The van der Waals surface area contributed by atoms with Crippen LogP contribution in [0.4, 0.5) is 24.5 Å². The number of nitrogens with zero attached hydrogens (tertiary/aromatic N) is 2. The first-order chi connectivity index (χ1) is 18.4. The zero-order valence-electron chi connectivity index (χ0n) is 20.5. The van der Waals surface area contributed by atoms with Gasteiger partial charge < -0.3 is 10.0 Å². The van der Waals surface area contributed by atoms with E-state index in [4.69, 9.17) is 0 Å². The van der Waals surface area contributed by atoms with E-state index in [0.717, 1.165) is 18.4 Å². The number of fused-ring (bicyclic) bond motifs is 1. The maximum absolute atomic E-state index is 13.7. The highest BCUT2D eigenvalue weighted by molar-refractivity contribution is 7.92. The van der Waals surface area contributed by atoms with Gasteiger partial charge in [-0.3, -0.25) is 14.5 Å². The molecule has 4 aromatic rings. The van der Waals surface area contributed by atoms with Crippen molar-refractivity contribution in [3.63, 3.8) is 0 Å². The van der Waals surface area contributed by atoms with Gasteiger partial charge in [-0.2, -0.15) is 13.2 Å². The third-order valence-corrected chi connectivity index (χ3v) is 6.92. The van der Waals surface area contributed by atoms with Gasteiger partial charge in [-0.15, -0.1) is 0 Å². The predicted octanol–water partition coefficient (Wildman–Crippen LogP) is 5.71. The van der Waals surface area contributed by atoms with Crippen LogP contribution in [0.5, 0.6) is 5.75 Å². The standard InChI is InChI=1S/C28H22F3N3O4S/c1-39(37,38)33-25-16-22(6-8-26(25)35)34-11-9-18-12-17(5-7-23(18)27(34)36)19-13-20(24-4-2-3-10-32-24)15-21(14-19)28(29,30)31/h2-8,10,12-16,33,35H,9,11H2,1H3. The van der Waals surface area contributed by atoms with E-state index in [1.54, 1.807) is 42.5 Å². The van der Waals surface area contributed by atoms with Gasteiger partial charge in [0.05, 0.1) is 23.2 Å². The molecule has 1 aliphatic heterocycles. The molecule has 0 saturated carbocycles. The van der Waals surface area contributed by atoms with Crippen LogP contribution >= 0.6 is 0 Å². The molecule has 0 fully saturated rings. The van der Waals surface area contributed by atoms with Crippen molar-refractivity contribution in [3.8, 4) is 28.1 Å². The van der Waals surface area contributed by atoms with Gasteiger partial charge in [-0.05, 0) is 77.7 Å². The van der Waals surface area contributed by atoms with E-state index in [1.165, 1.54) is 29.3 Å². The van der Waals surface area contributed by atoms with E-state index in [1.807, 2.05) is 0 Å². The molecule has 0 bridgehead atoms. The minimum atomic E-state index is -4.56. The third kappa shape index (κ3) is 5.58. The molecule has 5 rings (SSSR count). The molecule has 0 radical (unpaired) electrons. The number of aromatic nitrogens is 1.